The summed E-state index contributed by atoms with van der Waals surface area (Å²) < 4.78 is 0. The first-order chi connectivity index (χ1) is 5.22. The van der Waals surface area contributed by atoms with Gasteiger partial charge in [-0.2, -0.15) is 5.26 Å². The Kier molecular flexibility index (Phi) is 2.86. The Labute approximate surface area is 67.8 Å². The molecule has 0 saturated carbocycles. The van der Waals surface area contributed by atoms with Gasteiger partial charge in [0.2, 0.25) is 0 Å². The molecule has 0 aromatic rings. The van der Waals surface area contributed by atoms with Crippen LogP contribution in [0.1, 0.15) is 13.3 Å². The number of nitrogens with two attached hydrogens (primary N) is 1. The normalized spacial score (nSPS) is 28.3. The van der Waals surface area contributed by atoms with Crippen molar-refractivity contribution in [1.29, 1.82) is 5.26 Å². The number of hydrogen-bond donors (Lipinski definition) is 1. The fourth-order valence-corrected chi connectivity index (χ4v) is 1.46. The van der Waals surface area contributed by atoms with Crippen LogP contribution in [0.2, 0.25) is 0 Å². The number of nitriles is 1. The lowest BCUT2D eigenvalue weighted by atomic mass is 10.2. The quantitative estimate of drug-likeness (QED) is 0.615. The molecule has 0 aromatic carbocycles. The summed E-state index contributed by atoms with van der Waals surface area (Å²) in [5, 5.41) is 8.55. The zero-order chi connectivity index (χ0) is 8.27. The van der Waals surface area contributed by atoms with Gasteiger partial charge in [-0.15, -0.1) is 0 Å². The minimum Gasteiger partial charge on any atom is -0.326 e. The molecular weight excluding hydrogens is 138 g/mol. The van der Waals surface area contributed by atoms with Gasteiger partial charge in [-0.05, 0) is 19.9 Å². The highest BCUT2D eigenvalue weighted by molar-refractivity contribution is 4.85. The van der Waals surface area contributed by atoms with Crippen LogP contribution in [0.3, 0.4) is 0 Å². The largest absolute Gasteiger partial charge is 0.326 e. The van der Waals surface area contributed by atoms with Crippen LogP contribution in [0.25, 0.3) is 0 Å². The first-order valence-corrected chi connectivity index (χ1v) is 4.10. The molecule has 2 unspecified atom stereocenters. The second kappa shape index (κ2) is 3.70. The van der Waals surface area contributed by atoms with Crippen molar-refractivity contribution in [2.45, 2.75) is 19.4 Å². The minimum atomic E-state index is 0.139. The molecule has 2 N–H and O–H groups in total. The van der Waals surface area contributed by atoms with E-state index in [4.69, 9.17) is 11.0 Å². The molecule has 1 saturated heterocycles. The fraction of sp³-hybridized carbons (Fsp3) is 0.875. The number of nitrogens with zero attached hydrogens (tertiary/aromatic N) is 2. The third-order valence-corrected chi connectivity index (χ3v) is 2.06. The Balaban J connectivity index is 2.24. The van der Waals surface area contributed by atoms with Crippen LogP contribution in [0, 0.1) is 17.2 Å². The van der Waals surface area contributed by atoms with Crippen LogP contribution < -0.4 is 5.73 Å². The molecule has 0 aliphatic carbocycles. The van der Waals surface area contributed by atoms with Crippen LogP contribution in [-0.4, -0.2) is 30.6 Å². The molecule has 1 aliphatic rings. The van der Waals surface area contributed by atoms with Crippen molar-refractivity contribution in [3.63, 3.8) is 0 Å². The van der Waals surface area contributed by atoms with Crippen LogP contribution in [-0.2, 0) is 0 Å². The third-order valence-electron chi connectivity index (χ3n) is 2.06. The SMILES string of the molecule is CC(C#N)CN1CCC(N)C1. The zero-order valence-electron chi connectivity index (χ0n) is 6.95. The second-order valence-electron chi connectivity index (χ2n) is 3.34. The van der Waals surface area contributed by atoms with E-state index in [0.717, 1.165) is 26.1 Å². The highest BCUT2D eigenvalue weighted by Crippen LogP contribution is 2.08. The zero-order valence-corrected chi connectivity index (χ0v) is 6.95. The van der Waals surface area contributed by atoms with E-state index in [9.17, 15) is 0 Å². The van der Waals surface area contributed by atoms with E-state index in [0.29, 0.717) is 6.04 Å². The minimum absolute atomic E-state index is 0.139. The van der Waals surface area contributed by atoms with Crippen molar-refractivity contribution < 1.29 is 0 Å². The predicted molar refractivity (Wildman–Crippen MR) is 43.8 cm³/mol. The first-order valence-electron chi connectivity index (χ1n) is 4.10. The molecule has 62 valence electrons. The van der Waals surface area contributed by atoms with Gasteiger partial charge in [0.25, 0.3) is 0 Å². The van der Waals surface area contributed by atoms with Crippen LogP contribution >= 0.6 is 0 Å². The van der Waals surface area contributed by atoms with E-state index in [2.05, 4.69) is 11.0 Å². The van der Waals surface area contributed by atoms with E-state index in [1.54, 1.807) is 0 Å². The van der Waals surface area contributed by atoms with E-state index in [1.807, 2.05) is 6.92 Å². The van der Waals surface area contributed by atoms with Crippen molar-refractivity contribution in [1.82, 2.24) is 4.90 Å². The van der Waals surface area contributed by atoms with E-state index >= 15 is 0 Å². The maximum absolute atomic E-state index is 8.55. The summed E-state index contributed by atoms with van der Waals surface area (Å²) in [6.07, 6.45) is 1.08. The average Bonchev–Trinajstić information content (AvgIpc) is 2.35. The molecule has 2 atom stereocenters. The molecule has 3 nitrogen and oxygen atoms in total. The third kappa shape index (κ3) is 2.49. The summed E-state index contributed by atoms with van der Waals surface area (Å²) in [5.74, 6) is 0.139. The molecule has 0 amide bonds. The summed E-state index contributed by atoms with van der Waals surface area (Å²) in [7, 11) is 0. The highest BCUT2D eigenvalue weighted by Gasteiger charge is 2.19. The van der Waals surface area contributed by atoms with E-state index in [-0.39, 0.29) is 5.92 Å². The summed E-state index contributed by atoms with van der Waals surface area (Å²) >= 11 is 0. The van der Waals surface area contributed by atoms with Crippen LogP contribution in [0.5, 0.6) is 0 Å². The molecule has 0 aromatic heterocycles. The lowest BCUT2D eigenvalue weighted by Crippen LogP contribution is -2.29. The summed E-state index contributed by atoms with van der Waals surface area (Å²) in [5.41, 5.74) is 5.72. The van der Waals surface area contributed by atoms with E-state index < -0.39 is 0 Å². The van der Waals surface area contributed by atoms with Gasteiger partial charge in [0.15, 0.2) is 0 Å². The predicted octanol–water partition coefficient (Wildman–Crippen LogP) is 0.179. The Hall–Kier alpha value is -0.590. The van der Waals surface area contributed by atoms with Gasteiger partial charge in [0.1, 0.15) is 0 Å². The first kappa shape index (κ1) is 8.51. The fourth-order valence-electron chi connectivity index (χ4n) is 1.46. The average molecular weight is 153 g/mol. The molecule has 1 heterocycles. The Morgan fingerprint density at radius 2 is 2.55 bits per heavy atom. The van der Waals surface area contributed by atoms with Crippen LogP contribution in [0.15, 0.2) is 0 Å². The highest BCUT2D eigenvalue weighted by atomic mass is 15.2. The molecule has 0 radical (unpaired) electrons. The van der Waals surface area contributed by atoms with Gasteiger partial charge in [-0.25, -0.2) is 0 Å². The topological polar surface area (TPSA) is 53.0 Å². The van der Waals surface area contributed by atoms with Gasteiger partial charge >= 0.3 is 0 Å². The Bertz CT molecular complexity index is 161. The number of hydrogen-bond acceptors (Lipinski definition) is 3. The maximum atomic E-state index is 8.55. The van der Waals surface area contributed by atoms with Gasteiger partial charge < -0.3 is 10.6 Å². The molecule has 11 heavy (non-hydrogen) atoms. The summed E-state index contributed by atoms with van der Waals surface area (Å²) in [4.78, 5) is 2.26. The lowest BCUT2D eigenvalue weighted by molar-refractivity contribution is 0.310. The Morgan fingerprint density at radius 1 is 1.82 bits per heavy atom. The monoisotopic (exact) mass is 153 g/mol. The molecular formula is C8H15N3. The van der Waals surface area contributed by atoms with Gasteiger partial charge in [-0.3, -0.25) is 0 Å². The second-order valence-corrected chi connectivity index (χ2v) is 3.34. The van der Waals surface area contributed by atoms with E-state index in [1.165, 1.54) is 0 Å². The molecule has 0 spiro atoms. The maximum Gasteiger partial charge on any atom is 0.0666 e. The standard InChI is InChI=1S/C8H15N3/c1-7(4-9)5-11-3-2-8(10)6-11/h7-8H,2-3,5-6,10H2,1H3. The van der Waals surface area contributed by atoms with Crippen molar-refractivity contribution in [3.05, 3.63) is 0 Å². The van der Waals surface area contributed by atoms with Crippen molar-refractivity contribution in [2.24, 2.45) is 11.7 Å². The summed E-state index contributed by atoms with van der Waals surface area (Å²) in [6, 6.07) is 2.56. The number of rotatable bonds is 2. The molecule has 1 aliphatic heterocycles. The smallest absolute Gasteiger partial charge is 0.0666 e. The van der Waals surface area contributed by atoms with Crippen LogP contribution in [0.4, 0.5) is 0 Å². The lowest BCUT2D eigenvalue weighted by Gasteiger charge is -2.15. The van der Waals surface area contributed by atoms with Crippen molar-refractivity contribution in [3.8, 4) is 6.07 Å². The van der Waals surface area contributed by atoms with Crippen molar-refractivity contribution >= 4 is 0 Å². The molecule has 0 bridgehead atoms. The van der Waals surface area contributed by atoms with Crippen molar-refractivity contribution in [2.75, 3.05) is 19.6 Å². The number of likely N-dealkylation sites (tertiary alicyclic amines) is 1. The Morgan fingerprint density at radius 3 is 3.00 bits per heavy atom. The van der Waals surface area contributed by atoms with Gasteiger partial charge in [0.05, 0.1) is 12.0 Å². The van der Waals surface area contributed by atoms with Gasteiger partial charge in [-0.1, -0.05) is 0 Å². The van der Waals surface area contributed by atoms with Gasteiger partial charge in [0, 0.05) is 19.1 Å². The summed E-state index contributed by atoms with van der Waals surface area (Å²) in [6.45, 7) is 4.85. The molecule has 1 rings (SSSR count). The molecule has 1 fully saturated rings. The molecule has 3 heteroatoms.